The molecule has 21 heavy (non-hydrogen) atoms. The van der Waals surface area contributed by atoms with E-state index in [2.05, 4.69) is 23.8 Å². The monoisotopic (exact) mass is 300 g/mol. The van der Waals surface area contributed by atoms with Crippen LogP contribution < -0.4 is 4.74 Å². The lowest BCUT2D eigenvalue weighted by Gasteiger charge is -2.00. The van der Waals surface area contributed by atoms with Crippen LogP contribution in [-0.2, 0) is 0 Å². The summed E-state index contributed by atoms with van der Waals surface area (Å²) in [5.41, 5.74) is 2.50. The molecule has 2 aromatic heterocycles. The van der Waals surface area contributed by atoms with Crippen LogP contribution in [0.1, 0.15) is 40.8 Å². The fourth-order valence-corrected chi connectivity index (χ4v) is 3.12. The van der Waals surface area contributed by atoms with Crippen molar-refractivity contribution in [1.82, 2.24) is 9.97 Å². The van der Waals surface area contributed by atoms with Gasteiger partial charge in [-0.05, 0) is 18.1 Å². The summed E-state index contributed by atoms with van der Waals surface area (Å²) in [5, 5.41) is 3.38. The summed E-state index contributed by atoms with van der Waals surface area (Å²) >= 11 is 1.40. The third kappa shape index (κ3) is 2.45. The van der Waals surface area contributed by atoms with Gasteiger partial charge < -0.3 is 9.72 Å². The van der Waals surface area contributed by atoms with Crippen LogP contribution in [0.4, 0.5) is 0 Å². The zero-order chi connectivity index (χ0) is 15.0. The zero-order valence-electron chi connectivity index (χ0n) is 12.1. The average molecular weight is 300 g/mol. The number of benzene rings is 1. The van der Waals surface area contributed by atoms with E-state index in [0.29, 0.717) is 16.5 Å². The van der Waals surface area contributed by atoms with E-state index in [1.807, 2.05) is 23.6 Å². The van der Waals surface area contributed by atoms with Crippen LogP contribution in [0.5, 0.6) is 5.75 Å². The zero-order valence-corrected chi connectivity index (χ0v) is 13.0. The molecule has 108 valence electrons. The highest BCUT2D eigenvalue weighted by molar-refractivity contribution is 7.12. The van der Waals surface area contributed by atoms with Gasteiger partial charge in [-0.2, -0.15) is 0 Å². The quantitative estimate of drug-likeness (QED) is 0.741. The van der Waals surface area contributed by atoms with Crippen LogP contribution in [-0.4, -0.2) is 22.9 Å². The van der Waals surface area contributed by atoms with Crippen LogP contribution in [0.25, 0.3) is 10.9 Å². The predicted molar refractivity (Wildman–Crippen MR) is 84.5 cm³/mol. The summed E-state index contributed by atoms with van der Waals surface area (Å²) in [6.07, 6.45) is 1.74. The minimum absolute atomic E-state index is 0.0386. The molecule has 0 aliphatic rings. The van der Waals surface area contributed by atoms with Crippen LogP contribution >= 0.6 is 11.3 Å². The molecular weight excluding hydrogens is 284 g/mol. The third-order valence-corrected chi connectivity index (χ3v) is 4.30. The molecule has 0 saturated carbocycles. The van der Waals surface area contributed by atoms with Crippen molar-refractivity contribution in [2.45, 2.75) is 19.8 Å². The highest BCUT2D eigenvalue weighted by Crippen LogP contribution is 2.26. The summed E-state index contributed by atoms with van der Waals surface area (Å²) in [4.78, 5) is 20.2. The highest BCUT2D eigenvalue weighted by atomic mass is 32.1. The number of carbonyl (C=O) groups excluding carboxylic acids is 1. The number of methoxy groups -OCH3 is 1. The largest absolute Gasteiger partial charge is 0.497 e. The van der Waals surface area contributed by atoms with E-state index in [4.69, 9.17) is 4.74 Å². The van der Waals surface area contributed by atoms with Gasteiger partial charge in [0.25, 0.3) is 0 Å². The fraction of sp³-hybridized carbons (Fsp3) is 0.250. The molecule has 0 aliphatic carbocycles. The van der Waals surface area contributed by atoms with Crippen molar-refractivity contribution in [2.24, 2.45) is 0 Å². The second-order valence-electron chi connectivity index (χ2n) is 5.18. The minimum Gasteiger partial charge on any atom is -0.497 e. The fourth-order valence-electron chi connectivity index (χ4n) is 2.19. The Kier molecular flexibility index (Phi) is 3.51. The second-order valence-corrected chi connectivity index (χ2v) is 6.03. The van der Waals surface area contributed by atoms with Crippen molar-refractivity contribution in [3.63, 3.8) is 0 Å². The van der Waals surface area contributed by atoms with Gasteiger partial charge >= 0.3 is 0 Å². The van der Waals surface area contributed by atoms with Gasteiger partial charge in [-0.15, -0.1) is 11.3 Å². The number of rotatable bonds is 4. The maximum absolute atomic E-state index is 12.6. The van der Waals surface area contributed by atoms with E-state index in [-0.39, 0.29) is 5.78 Å². The normalized spacial score (nSPS) is 11.2. The smallest absolute Gasteiger partial charge is 0.223 e. The maximum atomic E-state index is 12.6. The Morgan fingerprint density at radius 2 is 2.19 bits per heavy atom. The van der Waals surface area contributed by atoms with Crippen molar-refractivity contribution >= 4 is 28.0 Å². The minimum atomic E-state index is -0.0386. The number of fused-ring (bicyclic) bond motifs is 1. The lowest BCUT2D eigenvalue weighted by molar-refractivity contribution is 0.104. The van der Waals surface area contributed by atoms with E-state index < -0.39 is 0 Å². The van der Waals surface area contributed by atoms with Crippen molar-refractivity contribution in [3.05, 3.63) is 46.0 Å². The number of hydrogen-bond acceptors (Lipinski definition) is 4. The van der Waals surface area contributed by atoms with Gasteiger partial charge in [0, 0.05) is 28.5 Å². The molecule has 0 unspecified atom stereocenters. The van der Waals surface area contributed by atoms with Gasteiger partial charge in [0.1, 0.15) is 5.75 Å². The summed E-state index contributed by atoms with van der Waals surface area (Å²) < 4.78 is 5.19. The molecule has 0 amide bonds. The molecule has 3 aromatic rings. The first-order valence-corrected chi connectivity index (χ1v) is 7.63. The lowest BCUT2D eigenvalue weighted by Crippen LogP contribution is -2.00. The summed E-state index contributed by atoms with van der Waals surface area (Å²) in [5.74, 6) is 1.05. The molecule has 0 spiro atoms. The maximum Gasteiger partial charge on any atom is 0.223 e. The van der Waals surface area contributed by atoms with E-state index >= 15 is 0 Å². The summed E-state index contributed by atoms with van der Waals surface area (Å²) in [6.45, 7) is 4.14. The van der Waals surface area contributed by atoms with Crippen molar-refractivity contribution in [1.29, 1.82) is 0 Å². The van der Waals surface area contributed by atoms with Gasteiger partial charge in [-0.25, -0.2) is 4.98 Å². The first-order valence-electron chi connectivity index (χ1n) is 6.75. The Bertz CT molecular complexity index is 802. The second kappa shape index (κ2) is 5.33. The van der Waals surface area contributed by atoms with E-state index in [0.717, 1.165) is 22.3 Å². The molecule has 1 aromatic carbocycles. The molecular formula is C16H16N2O2S. The Morgan fingerprint density at radius 1 is 1.38 bits per heavy atom. The number of ether oxygens (including phenoxy) is 1. The predicted octanol–water partition coefficient (Wildman–Crippen LogP) is 3.99. The molecule has 5 heteroatoms. The molecule has 0 aliphatic heterocycles. The van der Waals surface area contributed by atoms with Crippen molar-refractivity contribution < 1.29 is 9.53 Å². The summed E-state index contributed by atoms with van der Waals surface area (Å²) in [7, 11) is 1.62. The molecule has 0 radical (unpaired) electrons. The summed E-state index contributed by atoms with van der Waals surface area (Å²) in [6, 6.07) is 5.64. The Morgan fingerprint density at radius 3 is 2.86 bits per heavy atom. The number of thiazole rings is 1. The van der Waals surface area contributed by atoms with Crippen molar-refractivity contribution in [3.8, 4) is 5.75 Å². The molecule has 4 nitrogen and oxygen atoms in total. The SMILES string of the molecule is COc1ccc2c(C(=O)c3nc(C(C)C)cs3)c[nH]c2c1. The Hall–Kier alpha value is -2.14. The molecule has 0 saturated heterocycles. The number of ketones is 1. The third-order valence-electron chi connectivity index (χ3n) is 3.44. The lowest BCUT2D eigenvalue weighted by atomic mass is 10.1. The molecule has 2 heterocycles. The van der Waals surface area contributed by atoms with Crippen LogP contribution in [0.2, 0.25) is 0 Å². The van der Waals surface area contributed by atoms with Crippen LogP contribution in [0.15, 0.2) is 29.8 Å². The van der Waals surface area contributed by atoms with Crippen LogP contribution in [0, 0.1) is 0 Å². The first-order chi connectivity index (χ1) is 10.1. The van der Waals surface area contributed by atoms with Crippen molar-refractivity contribution in [2.75, 3.05) is 7.11 Å². The molecule has 1 N–H and O–H groups in total. The number of aromatic amines is 1. The van der Waals surface area contributed by atoms with E-state index in [1.165, 1.54) is 11.3 Å². The molecule has 3 rings (SSSR count). The number of carbonyl (C=O) groups is 1. The number of nitrogens with zero attached hydrogens (tertiary/aromatic N) is 1. The molecule has 0 atom stereocenters. The standard InChI is InChI=1S/C16H16N2O2S/c1-9(2)14-8-21-16(18-14)15(19)12-7-17-13-6-10(20-3)4-5-11(12)13/h4-9,17H,1-3H3. The van der Waals surface area contributed by atoms with Gasteiger partial charge in [-0.1, -0.05) is 13.8 Å². The number of H-pyrrole nitrogens is 1. The van der Waals surface area contributed by atoms with Gasteiger partial charge in [0.2, 0.25) is 5.78 Å². The topological polar surface area (TPSA) is 55.0 Å². The van der Waals surface area contributed by atoms with Gasteiger partial charge in [-0.3, -0.25) is 4.79 Å². The average Bonchev–Trinajstić information content (AvgIpc) is 3.12. The van der Waals surface area contributed by atoms with E-state index in [1.54, 1.807) is 13.3 Å². The first kappa shape index (κ1) is 13.8. The van der Waals surface area contributed by atoms with Gasteiger partial charge in [0.05, 0.1) is 18.4 Å². The van der Waals surface area contributed by atoms with E-state index in [9.17, 15) is 4.79 Å². The Labute approximate surface area is 126 Å². The number of aromatic nitrogens is 2. The Balaban J connectivity index is 2.01. The van der Waals surface area contributed by atoms with Gasteiger partial charge in [0.15, 0.2) is 5.01 Å². The number of hydrogen-bond donors (Lipinski definition) is 1. The number of nitrogens with one attached hydrogen (secondary N) is 1. The highest BCUT2D eigenvalue weighted by Gasteiger charge is 2.18. The molecule has 0 bridgehead atoms. The van der Waals surface area contributed by atoms with Crippen LogP contribution in [0.3, 0.4) is 0 Å². The molecule has 0 fully saturated rings.